The van der Waals surface area contributed by atoms with Crippen molar-refractivity contribution in [3.63, 3.8) is 0 Å². The average molecular weight is 412 g/mol. The van der Waals surface area contributed by atoms with E-state index in [1.54, 1.807) is 11.3 Å². The van der Waals surface area contributed by atoms with E-state index in [0.717, 1.165) is 5.56 Å². The summed E-state index contributed by atoms with van der Waals surface area (Å²) in [5.74, 6) is -0.242. The van der Waals surface area contributed by atoms with E-state index >= 15 is 0 Å². The monoisotopic (exact) mass is 411 g/mol. The van der Waals surface area contributed by atoms with Crippen molar-refractivity contribution in [1.82, 2.24) is 14.9 Å². The van der Waals surface area contributed by atoms with Crippen LogP contribution in [0.25, 0.3) is 0 Å². The molecule has 1 atom stereocenters. The molecule has 0 aliphatic carbocycles. The maximum Gasteiger partial charge on any atom is 0.251 e. The lowest BCUT2D eigenvalue weighted by atomic mass is 10.1. The fourth-order valence-corrected chi connectivity index (χ4v) is 4.22. The van der Waals surface area contributed by atoms with Crippen LogP contribution in [0.1, 0.15) is 22.0 Å². The molecule has 9 heteroatoms. The number of hydrogen-bond donors (Lipinski definition) is 2. The van der Waals surface area contributed by atoms with Gasteiger partial charge in [-0.1, -0.05) is 0 Å². The summed E-state index contributed by atoms with van der Waals surface area (Å²) < 4.78 is 31.5. The quantitative estimate of drug-likeness (QED) is 0.581. The van der Waals surface area contributed by atoms with Crippen molar-refractivity contribution in [2.45, 2.75) is 10.9 Å². The second kappa shape index (κ2) is 9.95. The van der Waals surface area contributed by atoms with Gasteiger partial charge in [0.05, 0.1) is 17.5 Å². The van der Waals surface area contributed by atoms with Crippen LogP contribution >= 0.6 is 11.3 Å². The molecule has 0 fully saturated rings. The second-order valence-electron chi connectivity index (χ2n) is 6.16. The van der Waals surface area contributed by atoms with E-state index in [9.17, 15) is 13.2 Å². The third-order valence-corrected chi connectivity index (χ3v) is 6.21. The number of likely N-dealkylation sites (N-methyl/N-ethyl adjacent to an activating group) is 1. The lowest BCUT2D eigenvalue weighted by Gasteiger charge is -2.24. The van der Waals surface area contributed by atoms with Crippen LogP contribution in [0.5, 0.6) is 0 Å². The fraction of sp³-hybridized carbons (Fsp3) is 0.389. The number of rotatable bonds is 10. The standard InChI is InChI=1S/C18H25N3O4S2/c1-21(2)17(15-8-11-26-13-15)12-19-18(22)14-4-6-16(7-5-14)27(23,24)20-9-10-25-3/h4-8,11,13,17,20H,9-10,12H2,1-3H3,(H,19,22). The Balaban J connectivity index is 1.99. The number of carbonyl (C=O) groups excluding carboxylic acids is 1. The van der Waals surface area contributed by atoms with E-state index in [0.29, 0.717) is 12.1 Å². The Kier molecular flexibility index (Phi) is 7.93. The number of ether oxygens (including phenoxy) is 1. The number of nitrogens with one attached hydrogen (secondary N) is 2. The number of hydrogen-bond acceptors (Lipinski definition) is 6. The summed E-state index contributed by atoms with van der Waals surface area (Å²) >= 11 is 1.62. The van der Waals surface area contributed by atoms with Crippen molar-refractivity contribution < 1.29 is 17.9 Å². The smallest absolute Gasteiger partial charge is 0.251 e. The average Bonchev–Trinajstić information content (AvgIpc) is 3.16. The zero-order valence-corrected chi connectivity index (χ0v) is 17.3. The van der Waals surface area contributed by atoms with E-state index in [1.807, 2.05) is 30.4 Å². The number of amides is 1. The molecule has 2 aromatic rings. The summed E-state index contributed by atoms with van der Waals surface area (Å²) in [7, 11) is 1.82. The van der Waals surface area contributed by atoms with Crippen molar-refractivity contribution in [1.29, 1.82) is 0 Å². The summed E-state index contributed by atoms with van der Waals surface area (Å²) in [4.78, 5) is 14.6. The van der Waals surface area contributed by atoms with Gasteiger partial charge in [0.25, 0.3) is 5.91 Å². The first-order valence-electron chi connectivity index (χ1n) is 8.40. The molecule has 148 valence electrons. The lowest BCUT2D eigenvalue weighted by Crippen LogP contribution is -2.34. The molecule has 0 saturated carbocycles. The Morgan fingerprint density at radius 3 is 2.48 bits per heavy atom. The molecule has 1 aromatic carbocycles. The minimum Gasteiger partial charge on any atom is -0.383 e. The van der Waals surface area contributed by atoms with Gasteiger partial charge in [-0.2, -0.15) is 11.3 Å². The highest BCUT2D eigenvalue weighted by Gasteiger charge is 2.17. The van der Waals surface area contributed by atoms with Gasteiger partial charge in [0.2, 0.25) is 10.0 Å². The van der Waals surface area contributed by atoms with Gasteiger partial charge in [-0.05, 0) is 60.8 Å². The van der Waals surface area contributed by atoms with Crippen LogP contribution in [-0.4, -0.2) is 60.1 Å². The van der Waals surface area contributed by atoms with Crippen LogP contribution in [0.3, 0.4) is 0 Å². The molecular formula is C18H25N3O4S2. The molecule has 27 heavy (non-hydrogen) atoms. The molecule has 0 aliphatic heterocycles. The van der Waals surface area contributed by atoms with E-state index in [4.69, 9.17) is 4.74 Å². The van der Waals surface area contributed by atoms with Gasteiger partial charge in [0.1, 0.15) is 0 Å². The van der Waals surface area contributed by atoms with Gasteiger partial charge in [-0.25, -0.2) is 13.1 Å². The number of thiophene rings is 1. The van der Waals surface area contributed by atoms with Crippen LogP contribution in [0.15, 0.2) is 46.0 Å². The summed E-state index contributed by atoms with van der Waals surface area (Å²) in [6.07, 6.45) is 0. The first-order chi connectivity index (χ1) is 12.8. The van der Waals surface area contributed by atoms with Crippen LogP contribution < -0.4 is 10.0 Å². The van der Waals surface area contributed by atoms with Gasteiger partial charge < -0.3 is 15.0 Å². The molecule has 1 heterocycles. The van der Waals surface area contributed by atoms with E-state index < -0.39 is 10.0 Å². The van der Waals surface area contributed by atoms with Crippen LogP contribution in [0.4, 0.5) is 0 Å². The third-order valence-electron chi connectivity index (χ3n) is 4.03. The molecular weight excluding hydrogens is 386 g/mol. The number of methoxy groups -OCH3 is 1. The Morgan fingerprint density at radius 1 is 1.22 bits per heavy atom. The normalized spacial score (nSPS) is 12.9. The van der Waals surface area contributed by atoms with Crippen LogP contribution in [0.2, 0.25) is 0 Å². The second-order valence-corrected chi connectivity index (χ2v) is 8.71. The minimum atomic E-state index is -3.61. The Hall–Kier alpha value is -1.78. The maximum atomic E-state index is 12.4. The van der Waals surface area contributed by atoms with Gasteiger partial charge in [0, 0.05) is 25.8 Å². The largest absolute Gasteiger partial charge is 0.383 e. The number of benzene rings is 1. The molecule has 2 N–H and O–H groups in total. The molecule has 0 spiro atoms. The highest BCUT2D eigenvalue weighted by atomic mass is 32.2. The van der Waals surface area contributed by atoms with Crippen molar-refractivity contribution >= 4 is 27.3 Å². The van der Waals surface area contributed by atoms with Gasteiger partial charge >= 0.3 is 0 Å². The molecule has 0 radical (unpaired) electrons. The molecule has 1 aromatic heterocycles. The molecule has 0 saturated heterocycles. The van der Waals surface area contributed by atoms with E-state index in [1.165, 1.54) is 31.4 Å². The fourth-order valence-electron chi connectivity index (χ4n) is 2.50. The van der Waals surface area contributed by atoms with Crippen molar-refractivity contribution in [2.24, 2.45) is 0 Å². The molecule has 0 bridgehead atoms. The summed E-state index contributed by atoms with van der Waals surface area (Å²) in [5, 5.41) is 6.98. The number of sulfonamides is 1. The van der Waals surface area contributed by atoms with Crippen molar-refractivity contribution in [3.8, 4) is 0 Å². The minimum absolute atomic E-state index is 0.0739. The van der Waals surface area contributed by atoms with Crippen molar-refractivity contribution in [3.05, 3.63) is 52.2 Å². The zero-order valence-electron chi connectivity index (χ0n) is 15.6. The van der Waals surface area contributed by atoms with Crippen molar-refractivity contribution in [2.75, 3.05) is 40.9 Å². The predicted octanol–water partition coefficient (Wildman–Crippen LogP) is 1.71. The topological polar surface area (TPSA) is 87.7 Å². The SMILES string of the molecule is COCCNS(=O)(=O)c1ccc(C(=O)NCC(c2ccsc2)N(C)C)cc1. The number of nitrogens with zero attached hydrogens (tertiary/aromatic N) is 1. The Labute approximate surface area is 164 Å². The maximum absolute atomic E-state index is 12.4. The molecule has 1 unspecified atom stereocenters. The molecule has 7 nitrogen and oxygen atoms in total. The Bertz CT molecular complexity index is 819. The van der Waals surface area contributed by atoms with Gasteiger partial charge in [0.15, 0.2) is 0 Å². The third kappa shape index (κ3) is 6.12. The lowest BCUT2D eigenvalue weighted by molar-refractivity contribution is 0.0942. The summed E-state index contributed by atoms with van der Waals surface area (Å²) in [5.41, 5.74) is 1.56. The van der Waals surface area contributed by atoms with E-state index in [2.05, 4.69) is 15.4 Å². The summed E-state index contributed by atoms with van der Waals surface area (Å²) in [6, 6.07) is 7.98. The number of carbonyl (C=O) groups is 1. The zero-order chi connectivity index (χ0) is 19.9. The van der Waals surface area contributed by atoms with Gasteiger partial charge in [-0.15, -0.1) is 0 Å². The molecule has 2 rings (SSSR count). The first kappa shape index (κ1) is 21.5. The first-order valence-corrected chi connectivity index (χ1v) is 10.8. The molecule has 0 aliphatic rings. The summed E-state index contributed by atoms with van der Waals surface area (Å²) in [6.45, 7) is 0.938. The Morgan fingerprint density at radius 2 is 1.93 bits per heavy atom. The van der Waals surface area contributed by atoms with Gasteiger partial charge in [-0.3, -0.25) is 4.79 Å². The molecule has 1 amide bonds. The predicted molar refractivity (Wildman–Crippen MR) is 107 cm³/mol. The van der Waals surface area contributed by atoms with E-state index in [-0.39, 0.29) is 30.0 Å². The highest BCUT2D eigenvalue weighted by Crippen LogP contribution is 2.20. The van der Waals surface area contributed by atoms with Crippen LogP contribution in [-0.2, 0) is 14.8 Å². The highest BCUT2D eigenvalue weighted by molar-refractivity contribution is 7.89. The van der Waals surface area contributed by atoms with Crippen LogP contribution in [0, 0.1) is 0 Å².